The first-order chi connectivity index (χ1) is 20.7. The van der Waals surface area contributed by atoms with Crippen molar-refractivity contribution in [2.24, 2.45) is 0 Å². The highest BCUT2D eigenvalue weighted by Crippen LogP contribution is 2.45. The van der Waals surface area contributed by atoms with E-state index in [4.69, 9.17) is 4.42 Å². The van der Waals surface area contributed by atoms with Crippen molar-refractivity contribution in [3.8, 4) is 22.3 Å². The molecule has 0 atom stereocenters. The summed E-state index contributed by atoms with van der Waals surface area (Å²) in [6.07, 6.45) is 0. The molecule has 0 bridgehead atoms. The Labute approximate surface area is 250 Å². The number of furan rings is 1. The zero-order chi connectivity index (χ0) is 27.8. The molecule has 0 saturated carbocycles. The predicted octanol–water partition coefficient (Wildman–Crippen LogP) is 12.3. The molecule has 9 rings (SSSR count). The quantitative estimate of drug-likeness (QED) is 0.180. The van der Waals surface area contributed by atoms with E-state index >= 15 is 0 Å². The molecule has 0 fully saturated rings. The summed E-state index contributed by atoms with van der Waals surface area (Å²) in [5, 5.41) is 12.1. The SMILES string of the molecule is Brc1c2ccccc2c(-c2cccc3c(-c4ccc5c(c4)oc4cc6ccccc6cc45)cccc23)c2ccccc12. The highest BCUT2D eigenvalue weighted by atomic mass is 79.9. The molecule has 0 aliphatic carbocycles. The predicted molar refractivity (Wildman–Crippen MR) is 182 cm³/mol. The summed E-state index contributed by atoms with van der Waals surface area (Å²) >= 11 is 3.92. The van der Waals surface area contributed by atoms with Gasteiger partial charge in [0.25, 0.3) is 0 Å². The summed E-state index contributed by atoms with van der Waals surface area (Å²) in [6.45, 7) is 0. The van der Waals surface area contributed by atoms with Crippen molar-refractivity contribution in [1.29, 1.82) is 0 Å². The average molecular weight is 600 g/mol. The number of rotatable bonds is 2. The molecule has 0 aliphatic heterocycles. The van der Waals surface area contributed by atoms with Crippen molar-refractivity contribution in [2.45, 2.75) is 0 Å². The van der Waals surface area contributed by atoms with Crippen molar-refractivity contribution in [2.75, 3.05) is 0 Å². The third kappa shape index (κ3) is 3.42. The Hall–Kier alpha value is -4.92. The van der Waals surface area contributed by atoms with Gasteiger partial charge < -0.3 is 4.42 Å². The van der Waals surface area contributed by atoms with Crippen LogP contribution in [0.5, 0.6) is 0 Å². The van der Waals surface area contributed by atoms with Crippen molar-refractivity contribution < 1.29 is 4.42 Å². The number of fused-ring (bicyclic) bond motifs is 7. The zero-order valence-electron chi connectivity index (χ0n) is 22.6. The first-order valence-corrected chi connectivity index (χ1v) is 15.0. The van der Waals surface area contributed by atoms with E-state index in [-0.39, 0.29) is 0 Å². The molecule has 0 unspecified atom stereocenters. The maximum Gasteiger partial charge on any atom is 0.136 e. The van der Waals surface area contributed by atoms with Gasteiger partial charge in [-0.15, -0.1) is 0 Å². The molecule has 0 radical (unpaired) electrons. The zero-order valence-corrected chi connectivity index (χ0v) is 24.2. The van der Waals surface area contributed by atoms with Crippen LogP contribution in [0.25, 0.3) is 87.3 Å². The lowest BCUT2D eigenvalue weighted by Gasteiger charge is -2.17. The molecule has 42 heavy (non-hydrogen) atoms. The lowest BCUT2D eigenvalue weighted by atomic mass is 9.88. The number of hydrogen-bond donors (Lipinski definition) is 0. The van der Waals surface area contributed by atoms with Crippen LogP contribution >= 0.6 is 15.9 Å². The first kappa shape index (κ1) is 23.8. The molecule has 2 heteroatoms. The molecule has 196 valence electrons. The van der Waals surface area contributed by atoms with E-state index in [2.05, 4.69) is 155 Å². The normalized spacial score (nSPS) is 11.9. The van der Waals surface area contributed by atoms with E-state index in [0.29, 0.717) is 0 Å². The van der Waals surface area contributed by atoms with Gasteiger partial charge in [-0.2, -0.15) is 0 Å². The largest absolute Gasteiger partial charge is 0.456 e. The van der Waals surface area contributed by atoms with Gasteiger partial charge in [0.05, 0.1) is 0 Å². The molecule has 8 aromatic carbocycles. The Morgan fingerprint density at radius 3 is 1.64 bits per heavy atom. The van der Waals surface area contributed by atoms with Gasteiger partial charge in [-0.05, 0) is 106 Å². The van der Waals surface area contributed by atoms with Crippen LogP contribution in [0, 0.1) is 0 Å². The minimum absolute atomic E-state index is 0.913. The molecule has 0 amide bonds. The summed E-state index contributed by atoms with van der Waals surface area (Å²) < 4.78 is 7.57. The minimum Gasteiger partial charge on any atom is -0.456 e. The molecule has 1 aromatic heterocycles. The Morgan fingerprint density at radius 1 is 0.381 bits per heavy atom. The van der Waals surface area contributed by atoms with Gasteiger partial charge in [-0.3, -0.25) is 0 Å². The Morgan fingerprint density at radius 2 is 0.929 bits per heavy atom. The van der Waals surface area contributed by atoms with Crippen molar-refractivity contribution in [3.05, 3.63) is 144 Å². The third-order valence-corrected chi connectivity index (χ3v) is 9.56. The van der Waals surface area contributed by atoms with Crippen molar-refractivity contribution in [3.63, 3.8) is 0 Å². The standard InChI is InChI=1S/C40H23BrO/c41-40-34-13-5-3-11-32(34)39(33-12-4-6-14-35(33)40)31-18-8-16-28-27(15-7-17-29(28)31)26-19-20-30-36-21-24-9-1-2-10-25(24)22-38(36)42-37(30)23-26/h1-23H. The van der Waals surface area contributed by atoms with E-state index in [0.717, 1.165) is 32.0 Å². The van der Waals surface area contributed by atoms with Crippen LogP contribution in [0.2, 0.25) is 0 Å². The van der Waals surface area contributed by atoms with Gasteiger partial charge >= 0.3 is 0 Å². The number of hydrogen-bond acceptors (Lipinski definition) is 1. The average Bonchev–Trinajstić information content (AvgIpc) is 3.40. The molecule has 1 heterocycles. The van der Waals surface area contributed by atoms with Crippen LogP contribution in [0.3, 0.4) is 0 Å². The fraction of sp³-hybridized carbons (Fsp3) is 0. The van der Waals surface area contributed by atoms with Gasteiger partial charge in [0, 0.05) is 15.2 Å². The van der Waals surface area contributed by atoms with Crippen LogP contribution in [-0.4, -0.2) is 0 Å². The summed E-state index contributed by atoms with van der Waals surface area (Å²) in [7, 11) is 0. The second-order valence-corrected chi connectivity index (χ2v) is 11.8. The number of benzene rings is 8. The smallest absolute Gasteiger partial charge is 0.136 e. The Kier molecular flexibility index (Phi) is 5.11. The Bertz CT molecular complexity index is 2480. The topological polar surface area (TPSA) is 13.1 Å². The monoisotopic (exact) mass is 598 g/mol. The minimum atomic E-state index is 0.913. The molecule has 0 spiro atoms. The van der Waals surface area contributed by atoms with Crippen LogP contribution in [0.1, 0.15) is 0 Å². The summed E-state index contributed by atoms with van der Waals surface area (Å²) in [5.74, 6) is 0. The van der Waals surface area contributed by atoms with E-state index in [1.54, 1.807) is 0 Å². The molecular weight excluding hydrogens is 576 g/mol. The lowest BCUT2D eigenvalue weighted by molar-refractivity contribution is 0.669. The van der Waals surface area contributed by atoms with Gasteiger partial charge in [0.2, 0.25) is 0 Å². The molecule has 9 aromatic rings. The molecule has 0 saturated heterocycles. The maximum absolute atomic E-state index is 6.43. The summed E-state index contributed by atoms with van der Waals surface area (Å²) in [5.41, 5.74) is 6.70. The molecule has 1 nitrogen and oxygen atoms in total. The third-order valence-electron chi connectivity index (χ3n) is 8.71. The van der Waals surface area contributed by atoms with E-state index in [9.17, 15) is 0 Å². The van der Waals surface area contributed by atoms with Gasteiger partial charge in [0.15, 0.2) is 0 Å². The van der Waals surface area contributed by atoms with Gasteiger partial charge in [-0.1, -0.05) is 115 Å². The van der Waals surface area contributed by atoms with E-state index in [1.165, 1.54) is 59.8 Å². The second kappa shape index (κ2) is 9.04. The van der Waals surface area contributed by atoms with Crippen molar-refractivity contribution in [1.82, 2.24) is 0 Å². The van der Waals surface area contributed by atoms with Crippen LogP contribution in [0.4, 0.5) is 0 Å². The highest BCUT2D eigenvalue weighted by Gasteiger charge is 2.17. The van der Waals surface area contributed by atoms with E-state index < -0.39 is 0 Å². The van der Waals surface area contributed by atoms with E-state index in [1.807, 2.05) is 0 Å². The molecule has 0 aliphatic rings. The van der Waals surface area contributed by atoms with Gasteiger partial charge in [-0.25, -0.2) is 0 Å². The second-order valence-electron chi connectivity index (χ2n) is 11.0. The summed E-state index contributed by atoms with van der Waals surface area (Å²) in [4.78, 5) is 0. The maximum atomic E-state index is 6.43. The summed E-state index contributed by atoms with van der Waals surface area (Å²) in [6, 6.07) is 50.3. The van der Waals surface area contributed by atoms with Gasteiger partial charge in [0.1, 0.15) is 11.2 Å². The number of halogens is 1. The van der Waals surface area contributed by atoms with Crippen LogP contribution in [0.15, 0.2) is 148 Å². The fourth-order valence-electron chi connectivity index (χ4n) is 6.77. The fourth-order valence-corrected chi connectivity index (χ4v) is 7.47. The van der Waals surface area contributed by atoms with Crippen LogP contribution < -0.4 is 0 Å². The molecular formula is C40H23BrO. The first-order valence-electron chi connectivity index (χ1n) is 14.2. The van der Waals surface area contributed by atoms with Crippen molar-refractivity contribution >= 4 is 81.0 Å². The molecule has 0 N–H and O–H groups in total. The Balaban J connectivity index is 1.29. The highest BCUT2D eigenvalue weighted by molar-refractivity contribution is 9.10. The van der Waals surface area contributed by atoms with Crippen LogP contribution in [-0.2, 0) is 0 Å². The lowest BCUT2D eigenvalue weighted by Crippen LogP contribution is -1.90.